The van der Waals surface area contributed by atoms with Gasteiger partial charge in [-0.2, -0.15) is 0 Å². The Hall–Kier alpha value is -2.00. The highest BCUT2D eigenvalue weighted by Crippen LogP contribution is 2.42. The quantitative estimate of drug-likeness (QED) is 0.714. The second-order valence-corrected chi connectivity index (χ2v) is 5.67. The summed E-state index contributed by atoms with van der Waals surface area (Å²) < 4.78 is 2.31. The van der Waals surface area contributed by atoms with Crippen LogP contribution in [-0.4, -0.2) is 9.55 Å². The van der Waals surface area contributed by atoms with E-state index in [-0.39, 0.29) is 0 Å². The largest absolute Gasteiger partial charge is 0.399 e. The number of aromatic nitrogens is 2. The number of imidazole rings is 1. The normalized spacial score (nSPS) is 14.8. The molecule has 2 N–H and O–H groups in total. The number of nitrogens with zero attached hydrogens (tertiary/aromatic N) is 2. The topological polar surface area (TPSA) is 43.8 Å². The minimum Gasteiger partial charge on any atom is -0.399 e. The summed E-state index contributed by atoms with van der Waals surface area (Å²) in [5.74, 6) is 0.943. The molecule has 0 spiro atoms. The molecule has 0 atom stereocenters. The fourth-order valence-corrected chi connectivity index (χ4v) is 2.92. The van der Waals surface area contributed by atoms with Crippen LogP contribution in [0.5, 0.6) is 0 Å². The SMILES string of the molecule is Nc1ccc(-c2nc3ccccc3n2C2CC2)c(Cl)c1. The lowest BCUT2D eigenvalue weighted by Crippen LogP contribution is -1.98. The van der Waals surface area contributed by atoms with E-state index < -0.39 is 0 Å². The molecule has 4 heteroatoms. The van der Waals surface area contributed by atoms with E-state index in [4.69, 9.17) is 22.3 Å². The van der Waals surface area contributed by atoms with E-state index in [9.17, 15) is 0 Å². The summed E-state index contributed by atoms with van der Waals surface area (Å²) in [4.78, 5) is 4.77. The Kier molecular flexibility index (Phi) is 2.51. The second-order valence-electron chi connectivity index (χ2n) is 5.26. The fraction of sp³-hybridized carbons (Fsp3) is 0.188. The number of anilines is 1. The van der Waals surface area contributed by atoms with Crippen molar-refractivity contribution in [2.45, 2.75) is 18.9 Å². The zero-order valence-corrected chi connectivity index (χ0v) is 11.6. The first-order valence-electron chi connectivity index (χ1n) is 6.76. The van der Waals surface area contributed by atoms with Crippen molar-refractivity contribution in [3.8, 4) is 11.4 Å². The van der Waals surface area contributed by atoms with Crippen LogP contribution >= 0.6 is 11.6 Å². The summed E-state index contributed by atoms with van der Waals surface area (Å²) in [5.41, 5.74) is 9.60. The average molecular weight is 284 g/mol. The monoisotopic (exact) mass is 283 g/mol. The fourth-order valence-electron chi connectivity index (χ4n) is 2.65. The molecule has 0 radical (unpaired) electrons. The maximum Gasteiger partial charge on any atom is 0.142 e. The van der Waals surface area contributed by atoms with E-state index in [2.05, 4.69) is 16.7 Å². The van der Waals surface area contributed by atoms with Crippen molar-refractivity contribution in [1.29, 1.82) is 0 Å². The van der Waals surface area contributed by atoms with Crippen molar-refractivity contribution in [3.63, 3.8) is 0 Å². The highest BCUT2D eigenvalue weighted by atomic mass is 35.5. The van der Waals surface area contributed by atoms with E-state index in [0.29, 0.717) is 16.8 Å². The van der Waals surface area contributed by atoms with Gasteiger partial charge in [0.1, 0.15) is 5.82 Å². The lowest BCUT2D eigenvalue weighted by Gasteiger charge is -2.09. The van der Waals surface area contributed by atoms with Gasteiger partial charge in [0.25, 0.3) is 0 Å². The molecule has 2 aromatic carbocycles. The lowest BCUT2D eigenvalue weighted by atomic mass is 10.2. The lowest BCUT2D eigenvalue weighted by molar-refractivity contribution is 0.775. The Morgan fingerprint density at radius 1 is 1.15 bits per heavy atom. The summed E-state index contributed by atoms with van der Waals surface area (Å²) >= 11 is 6.36. The van der Waals surface area contributed by atoms with Crippen LogP contribution in [-0.2, 0) is 0 Å². The van der Waals surface area contributed by atoms with E-state index in [1.807, 2.05) is 24.3 Å². The van der Waals surface area contributed by atoms with Crippen LogP contribution in [0.1, 0.15) is 18.9 Å². The number of nitrogen functional groups attached to an aromatic ring is 1. The van der Waals surface area contributed by atoms with Gasteiger partial charge in [-0.05, 0) is 43.2 Å². The van der Waals surface area contributed by atoms with Crippen molar-refractivity contribution >= 4 is 28.3 Å². The van der Waals surface area contributed by atoms with Gasteiger partial charge in [-0.15, -0.1) is 0 Å². The van der Waals surface area contributed by atoms with E-state index in [0.717, 1.165) is 16.9 Å². The third-order valence-corrected chi connectivity index (χ3v) is 4.05. The van der Waals surface area contributed by atoms with Gasteiger partial charge in [0.05, 0.1) is 16.1 Å². The number of hydrogen-bond donors (Lipinski definition) is 1. The van der Waals surface area contributed by atoms with Crippen LogP contribution in [0.15, 0.2) is 42.5 Å². The number of fused-ring (bicyclic) bond motifs is 1. The van der Waals surface area contributed by atoms with E-state index in [1.54, 1.807) is 6.07 Å². The third-order valence-electron chi connectivity index (χ3n) is 3.74. The molecule has 1 fully saturated rings. The highest BCUT2D eigenvalue weighted by molar-refractivity contribution is 6.33. The molecule has 3 nitrogen and oxygen atoms in total. The molecule has 0 bridgehead atoms. The van der Waals surface area contributed by atoms with Gasteiger partial charge in [-0.25, -0.2) is 4.98 Å². The molecule has 100 valence electrons. The molecule has 0 aliphatic heterocycles. The predicted molar refractivity (Wildman–Crippen MR) is 82.9 cm³/mol. The zero-order valence-electron chi connectivity index (χ0n) is 10.9. The first-order valence-corrected chi connectivity index (χ1v) is 7.14. The van der Waals surface area contributed by atoms with Crippen LogP contribution in [0.2, 0.25) is 5.02 Å². The second kappa shape index (κ2) is 4.25. The first kappa shape index (κ1) is 11.8. The van der Waals surface area contributed by atoms with Gasteiger partial charge in [-0.1, -0.05) is 23.7 Å². The molecule has 4 rings (SSSR count). The van der Waals surface area contributed by atoms with Crippen LogP contribution in [0.3, 0.4) is 0 Å². The molecule has 20 heavy (non-hydrogen) atoms. The molecule has 1 aliphatic carbocycles. The maximum atomic E-state index is 6.36. The Labute approximate surface area is 122 Å². The Bertz CT molecular complexity index is 803. The molecular weight excluding hydrogens is 270 g/mol. The molecule has 1 saturated carbocycles. The van der Waals surface area contributed by atoms with Crippen molar-refractivity contribution < 1.29 is 0 Å². The molecule has 1 heterocycles. The minimum atomic E-state index is 0.547. The van der Waals surface area contributed by atoms with Crippen molar-refractivity contribution in [2.24, 2.45) is 0 Å². The highest BCUT2D eigenvalue weighted by Gasteiger charge is 2.29. The summed E-state index contributed by atoms with van der Waals surface area (Å²) in [6, 6.07) is 14.4. The van der Waals surface area contributed by atoms with Crippen molar-refractivity contribution in [2.75, 3.05) is 5.73 Å². The predicted octanol–water partition coefficient (Wildman–Crippen LogP) is 4.27. The molecular formula is C16H14ClN3. The number of halogens is 1. The molecule has 1 aliphatic rings. The standard InChI is InChI=1S/C16H14ClN3/c17-13-9-10(18)5-8-12(13)16-19-14-3-1-2-4-15(14)20(16)11-6-7-11/h1-5,8-9,11H,6-7,18H2. The number of hydrogen-bond acceptors (Lipinski definition) is 2. The molecule has 0 unspecified atom stereocenters. The number of nitrogens with two attached hydrogens (primary N) is 1. The van der Waals surface area contributed by atoms with Crippen LogP contribution in [0.25, 0.3) is 22.4 Å². The molecule has 3 aromatic rings. The summed E-state index contributed by atoms with van der Waals surface area (Å²) in [5, 5.41) is 0.655. The van der Waals surface area contributed by atoms with Crippen molar-refractivity contribution in [1.82, 2.24) is 9.55 Å². The molecule has 0 saturated heterocycles. The van der Waals surface area contributed by atoms with Crippen LogP contribution in [0.4, 0.5) is 5.69 Å². The van der Waals surface area contributed by atoms with Crippen molar-refractivity contribution in [3.05, 3.63) is 47.5 Å². The number of rotatable bonds is 2. The summed E-state index contributed by atoms with van der Waals surface area (Å²) in [6.45, 7) is 0. The zero-order chi connectivity index (χ0) is 13.7. The minimum absolute atomic E-state index is 0.547. The smallest absolute Gasteiger partial charge is 0.142 e. The van der Waals surface area contributed by atoms with Gasteiger partial charge in [0, 0.05) is 17.3 Å². The van der Waals surface area contributed by atoms with E-state index >= 15 is 0 Å². The Morgan fingerprint density at radius 2 is 1.95 bits per heavy atom. The van der Waals surface area contributed by atoms with Gasteiger partial charge < -0.3 is 10.3 Å². The summed E-state index contributed by atoms with van der Waals surface area (Å²) in [7, 11) is 0. The van der Waals surface area contributed by atoms with Crippen LogP contribution in [0, 0.1) is 0 Å². The number of para-hydroxylation sites is 2. The average Bonchev–Trinajstić information content (AvgIpc) is 3.19. The Morgan fingerprint density at radius 3 is 2.70 bits per heavy atom. The Balaban J connectivity index is 2.01. The third kappa shape index (κ3) is 1.78. The maximum absolute atomic E-state index is 6.36. The molecule has 1 aromatic heterocycles. The van der Waals surface area contributed by atoms with Gasteiger partial charge in [0.15, 0.2) is 0 Å². The summed E-state index contributed by atoms with van der Waals surface area (Å²) in [6.07, 6.45) is 2.42. The van der Waals surface area contributed by atoms with Gasteiger partial charge in [0.2, 0.25) is 0 Å². The first-order chi connectivity index (χ1) is 9.74. The van der Waals surface area contributed by atoms with Gasteiger partial charge in [-0.3, -0.25) is 0 Å². The molecule has 0 amide bonds. The van der Waals surface area contributed by atoms with Gasteiger partial charge >= 0.3 is 0 Å². The van der Waals surface area contributed by atoms with Crippen LogP contribution < -0.4 is 5.73 Å². The van der Waals surface area contributed by atoms with E-state index in [1.165, 1.54) is 18.4 Å². The number of benzene rings is 2.